The van der Waals surface area contributed by atoms with Crippen LogP contribution in [0.15, 0.2) is 36.5 Å². The summed E-state index contributed by atoms with van der Waals surface area (Å²) in [4.78, 5) is 40.6. The zero-order chi connectivity index (χ0) is 16.4. The molecule has 118 valence electrons. The van der Waals surface area contributed by atoms with Gasteiger partial charge in [-0.05, 0) is 18.2 Å². The first-order chi connectivity index (χ1) is 11.1. The third-order valence-corrected chi connectivity index (χ3v) is 3.34. The highest BCUT2D eigenvalue weighted by molar-refractivity contribution is 6.20. The number of fused-ring (bicyclic) bond motifs is 1. The average Bonchev–Trinajstić information content (AvgIpc) is 3.05. The molecule has 0 saturated heterocycles. The van der Waals surface area contributed by atoms with Crippen molar-refractivity contribution < 1.29 is 24.0 Å². The molecule has 0 saturated carbocycles. The lowest BCUT2D eigenvalue weighted by molar-refractivity contribution is -0.174. The number of imide groups is 1. The standard InChI is InChI=1S/C15H13N3O5/c1-17-10(6-7-16-17)8-22-9-13(19)23-18-14(20)11-4-2-3-5-12(11)15(18)21/h2-7H,8-9H2,1H3. The summed E-state index contributed by atoms with van der Waals surface area (Å²) in [5.41, 5.74) is 1.20. The largest absolute Gasteiger partial charge is 0.363 e. The Balaban J connectivity index is 1.56. The first kappa shape index (κ1) is 14.9. The van der Waals surface area contributed by atoms with E-state index in [1.54, 1.807) is 36.1 Å². The lowest BCUT2D eigenvalue weighted by Gasteiger charge is -2.12. The summed E-state index contributed by atoms with van der Waals surface area (Å²) in [6.07, 6.45) is 1.61. The van der Waals surface area contributed by atoms with Crippen molar-refractivity contribution in [1.82, 2.24) is 14.8 Å². The second kappa shape index (κ2) is 6.01. The Morgan fingerprint density at radius 3 is 2.35 bits per heavy atom. The van der Waals surface area contributed by atoms with Crippen molar-refractivity contribution in [3.05, 3.63) is 53.3 Å². The molecular formula is C15H13N3O5. The number of benzene rings is 1. The molecule has 0 bridgehead atoms. The van der Waals surface area contributed by atoms with E-state index in [1.807, 2.05) is 0 Å². The van der Waals surface area contributed by atoms with Gasteiger partial charge in [-0.25, -0.2) is 4.79 Å². The highest BCUT2D eigenvalue weighted by atomic mass is 16.7. The summed E-state index contributed by atoms with van der Waals surface area (Å²) >= 11 is 0. The van der Waals surface area contributed by atoms with E-state index < -0.39 is 24.4 Å². The van der Waals surface area contributed by atoms with Gasteiger partial charge in [0.15, 0.2) is 0 Å². The number of hydrogen-bond acceptors (Lipinski definition) is 6. The van der Waals surface area contributed by atoms with E-state index in [-0.39, 0.29) is 17.7 Å². The molecule has 2 heterocycles. The number of carbonyl (C=O) groups excluding carboxylic acids is 3. The molecule has 0 unspecified atom stereocenters. The van der Waals surface area contributed by atoms with Crippen LogP contribution in [0, 0.1) is 0 Å². The topological polar surface area (TPSA) is 90.7 Å². The molecule has 0 fully saturated rings. The molecule has 1 aromatic carbocycles. The SMILES string of the molecule is Cn1nccc1COCC(=O)ON1C(=O)c2ccccc2C1=O. The quantitative estimate of drug-likeness (QED) is 0.754. The Morgan fingerprint density at radius 2 is 1.78 bits per heavy atom. The molecule has 23 heavy (non-hydrogen) atoms. The van der Waals surface area contributed by atoms with Crippen molar-refractivity contribution in [1.29, 1.82) is 0 Å². The van der Waals surface area contributed by atoms with E-state index >= 15 is 0 Å². The fourth-order valence-electron chi connectivity index (χ4n) is 2.16. The predicted octanol–water partition coefficient (Wildman–Crippen LogP) is 0.691. The van der Waals surface area contributed by atoms with E-state index in [4.69, 9.17) is 9.57 Å². The van der Waals surface area contributed by atoms with Gasteiger partial charge in [0, 0.05) is 13.2 Å². The van der Waals surface area contributed by atoms with Gasteiger partial charge in [0.2, 0.25) is 0 Å². The minimum Gasteiger partial charge on any atom is -0.363 e. The van der Waals surface area contributed by atoms with Gasteiger partial charge in [-0.2, -0.15) is 5.10 Å². The molecule has 1 aromatic heterocycles. The molecule has 0 aliphatic carbocycles. The number of nitrogens with zero attached hydrogens (tertiary/aromatic N) is 3. The summed E-state index contributed by atoms with van der Waals surface area (Å²) in [5.74, 6) is -2.15. The summed E-state index contributed by atoms with van der Waals surface area (Å²) in [7, 11) is 1.75. The Kier molecular flexibility index (Phi) is 3.90. The summed E-state index contributed by atoms with van der Waals surface area (Å²) in [6.45, 7) is -0.230. The number of hydroxylamine groups is 2. The number of aryl methyl sites for hydroxylation is 1. The van der Waals surface area contributed by atoms with Crippen molar-refractivity contribution in [2.75, 3.05) is 6.61 Å². The number of ether oxygens (including phenoxy) is 1. The molecule has 8 heteroatoms. The van der Waals surface area contributed by atoms with Crippen molar-refractivity contribution in [2.24, 2.45) is 7.05 Å². The maximum absolute atomic E-state index is 12.0. The van der Waals surface area contributed by atoms with E-state index in [0.29, 0.717) is 5.06 Å². The highest BCUT2D eigenvalue weighted by Gasteiger charge is 2.38. The molecule has 2 aromatic rings. The number of aromatic nitrogens is 2. The van der Waals surface area contributed by atoms with Crippen LogP contribution >= 0.6 is 0 Å². The van der Waals surface area contributed by atoms with Crippen LogP contribution in [0.5, 0.6) is 0 Å². The lowest BCUT2D eigenvalue weighted by Crippen LogP contribution is -2.34. The van der Waals surface area contributed by atoms with Crippen molar-refractivity contribution in [3.63, 3.8) is 0 Å². The molecule has 8 nitrogen and oxygen atoms in total. The van der Waals surface area contributed by atoms with E-state index in [0.717, 1.165) is 5.69 Å². The summed E-state index contributed by atoms with van der Waals surface area (Å²) in [6, 6.07) is 8.01. The smallest absolute Gasteiger partial charge is 0.358 e. The average molecular weight is 315 g/mol. The fourth-order valence-corrected chi connectivity index (χ4v) is 2.16. The molecule has 1 aliphatic heterocycles. The fraction of sp³-hybridized carbons (Fsp3) is 0.200. The molecule has 0 radical (unpaired) electrons. The van der Waals surface area contributed by atoms with E-state index in [2.05, 4.69) is 5.10 Å². The van der Waals surface area contributed by atoms with Crippen molar-refractivity contribution in [2.45, 2.75) is 6.61 Å². The molecule has 2 amide bonds. The van der Waals surface area contributed by atoms with Crippen LogP contribution in [0.1, 0.15) is 26.4 Å². The minimum atomic E-state index is -0.832. The van der Waals surface area contributed by atoms with Crippen molar-refractivity contribution in [3.8, 4) is 0 Å². The van der Waals surface area contributed by atoms with Crippen molar-refractivity contribution >= 4 is 17.8 Å². The maximum atomic E-state index is 12.0. The van der Waals surface area contributed by atoms with Gasteiger partial charge in [-0.15, -0.1) is 0 Å². The Labute approximate surface area is 131 Å². The minimum absolute atomic E-state index is 0.160. The van der Waals surface area contributed by atoms with Gasteiger partial charge in [0.05, 0.1) is 23.4 Å². The third-order valence-electron chi connectivity index (χ3n) is 3.34. The zero-order valence-electron chi connectivity index (χ0n) is 12.3. The second-order valence-corrected chi connectivity index (χ2v) is 4.85. The van der Waals surface area contributed by atoms with Crippen LogP contribution in [0.4, 0.5) is 0 Å². The molecule has 0 N–H and O–H groups in total. The Hall–Kier alpha value is -3.00. The van der Waals surface area contributed by atoms with Gasteiger partial charge >= 0.3 is 5.97 Å². The van der Waals surface area contributed by atoms with Crippen LogP contribution in [0.25, 0.3) is 0 Å². The molecule has 0 atom stereocenters. The van der Waals surface area contributed by atoms with Crippen LogP contribution < -0.4 is 0 Å². The van der Waals surface area contributed by atoms with Gasteiger partial charge in [-0.1, -0.05) is 17.2 Å². The van der Waals surface area contributed by atoms with Gasteiger partial charge in [0.1, 0.15) is 6.61 Å². The van der Waals surface area contributed by atoms with Gasteiger partial charge in [-0.3, -0.25) is 14.3 Å². The maximum Gasteiger partial charge on any atom is 0.358 e. The Bertz CT molecular complexity index is 748. The normalized spacial score (nSPS) is 13.3. The van der Waals surface area contributed by atoms with Crippen LogP contribution in [-0.2, 0) is 28.0 Å². The molecule has 1 aliphatic rings. The second-order valence-electron chi connectivity index (χ2n) is 4.85. The molecule has 0 spiro atoms. The summed E-state index contributed by atoms with van der Waals surface area (Å²) in [5, 5.41) is 4.42. The first-order valence-corrected chi connectivity index (χ1v) is 6.81. The summed E-state index contributed by atoms with van der Waals surface area (Å²) < 4.78 is 6.80. The lowest BCUT2D eigenvalue weighted by atomic mass is 10.1. The zero-order valence-corrected chi connectivity index (χ0v) is 12.3. The van der Waals surface area contributed by atoms with Crippen LogP contribution in [0.3, 0.4) is 0 Å². The molecule has 3 rings (SSSR count). The van der Waals surface area contributed by atoms with Crippen LogP contribution in [0.2, 0.25) is 0 Å². The highest BCUT2D eigenvalue weighted by Crippen LogP contribution is 2.22. The number of amides is 2. The number of hydrogen-bond donors (Lipinski definition) is 0. The monoisotopic (exact) mass is 315 g/mol. The van der Waals surface area contributed by atoms with Crippen LogP contribution in [-0.4, -0.2) is 39.2 Å². The first-order valence-electron chi connectivity index (χ1n) is 6.81. The number of carbonyl (C=O) groups is 3. The van der Waals surface area contributed by atoms with E-state index in [1.165, 1.54) is 12.1 Å². The van der Waals surface area contributed by atoms with E-state index in [9.17, 15) is 14.4 Å². The molecular weight excluding hydrogens is 302 g/mol. The predicted molar refractivity (Wildman–Crippen MR) is 75.9 cm³/mol. The number of rotatable bonds is 5. The van der Waals surface area contributed by atoms with Gasteiger partial charge < -0.3 is 9.57 Å². The Morgan fingerprint density at radius 1 is 1.13 bits per heavy atom. The van der Waals surface area contributed by atoms with Gasteiger partial charge in [0.25, 0.3) is 11.8 Å². The third kappa shape index (κ3) is 2.84.